The molecule has 0 bridgehead atoms. The Morgan fingerprint density at radius 3 is 2.33 bits per heavy atom. The molecule has 0 spiro atoms. The highest BCUT2D eigenvalue weighted by molar-refractivity contribution is 5.91. The van der Waals surface area contributed by atoms with Gasteiger partial charge in [0.15, 0.2) is 6.61 Å². The van der Waals surface area contributed by atoms with E-state index in [1.807, 2.05) is 0 Å². The third-order valence-corrected chi connectivity index (χ3v) is 4.37. The number of methoxy groups -OCH3 is 1. The molecule has 9 nitrogen and oxygen atoms in total. The van der Waals surface area contributed by atoms with E-state index < -0.39 is 12.0 Å². The Bertz CT molecular complexity index is 696. The van der Waals surface area contributed by atoms with E-state index >= 15 is 0 Å². The number of piperidine rings is 1. The fourth-order valence-corrected chi connectivity index (χ4v) is 2.78. The van der Waals surface area contributed by atoms with Crippen molar-refractivity contribution in [2.45, 2.75) is 19.4 Å². The van der Waals surface area contributed by atoms with Gasteiger partial charge in [0.1, 0.15) is 0 Å². The van der Waals surface area contributed by atoms with Crippen molar-refractivity contribution in [3.8, 4) is 0 Å². The van der Waals surface area contributed by atoms with Crippen LogP contribution in [0.15, 0.2) is 24.3 Å². The van der Waals surface area contributed by atoms with Gasteiger partial charge in [-0.15, -0.1) is 0 Å². The van der Waals surface area contributed by atoms with Gasteiger partial charge in [-0.2, -0.15) is 0 Å². The molecular weight excluding hydrogens is 354 g/mol. The summed E-state index contributed by atoms with van der Waals surface area (Å²) in [6, 6.07) is 5.78. The van der Waals surface area contributed by atoms with Crippen LogP contribution in [0.5, 0.6) is 0 Å². The number of ether oxygens (including phenoxy) is 2. The van der Waals surface area contributed by atoms with Crippen molar-refractivity contribution in [2.24, 2.45) is 11.7 Å². The molecule has 9 heteroatoms. The van der Waals surface area contributed by atoms with Crippen molar-refractivity contribution in [2.75, 3.05) is 26.8 Å². The number of esters is 2. The van der Waals surface area contributed by atoms with E-state index in [1.165, 1.54) is 7.11 Å². The smallest absolute Gasteiger partial charge is 0.338 e. The van der Waals surface area contributed by atoms with Gasteiger partial charge in [-0.1, -0.05) is 12.1 Å². The van der Waals surface area contributed by atoms with E-state index in [0.29, 0.717) is 31.5 Å². The number of benzene rings is 1. The van der Waals surface area contributed by atoms with Crippen LogP contribution in [0.4, 0.5) is 4.79 Å². The van der Waals surface area contributed by atoms with E-state index in [9.17, 15) is 19.2 Å². The third kappa shape index (κ3) is 5.98. The molecule has 0 saturated carbocycles. The highest BCUT2D eigenvalue weighted by Gasteiger charge is 2.28. The predicted octanol–water partition coefficient (Wildman–Crippen LogP) is 0.423. The van der Waals surface area contributed by atoms with E-state index in [0.717, 1.165) is 5.56 Å². The Labute approximate surface area is 156 Å². The largest absolute Gasteiger partial charge is 0.469 e. The number of carbonyl (C=O) groups excluding carboxylic acids is 4. The molecule has 27 heavy (non-hydrogen) atoms. The molecule has 1 heterocycles. The van der Waals surface area contributed by atoms with Gasteiger partial charge in [-0.3, -0.25) is 9.59 Å². The summed E-state index contributed by atoms with van der Waals surface area (Å²) >= 11 is 0. The normalized spacial score (nSPS) is 14.3. The van der Waals surface area contributed by atoms with Crippen LogP contribution in [0.3, 0.4) is 0 Å². The second-order valence-electron chi connectivity index (χ2n) is 6.17. The molecule has 1 saturated heterocycles. The van der Waals surface area contributed by atoms with Crippen molar-refractivity contribution in [3.63, 3.8) is 0 Å². The van der Waals surface area contributed by atoms with E-state index in [-0.39, 0.29) is 30.9 Å². The minimum atomic E-state index is -0.632. The van der Waals surface area contributed by atoms with E-state index in [2.05, 4.69) is 5.32 Å². The SMILES string of the molecule is COC(=O)C1CCN(C(=O)COC(=O)c2ccc(CNC(N)=O)cc2)CC1. The molecule has 3 N–H and O–H groups in total. The topological polar surface area (TPSA) is 128 Å². The fourth-order valence-electron chi connectivity index (χ4n) is 2.78. The number of carbonyl (C=O) groups is 4. The third-order valence-electron chi connectivity index (χ3n) is 4.37. The first-order valence-electron chi connectivity index (χ1n) is 8.55. The predicted molar refractivity (Wildman–Crippen MR) is 94.5 cm³/mol. The van der Waals surface area contributed by atoms with Crippen LogP contribution >= 0.6 is 0 Å². The summed E-state index contributed by atoms with van der Waals surface area (Å²) in [6.45, 7) is 0.757. The van der Waals surface area contributed by atoms with E-state index in [1.54, 1.807) is 29.2 Å². The summed E-state index contributed by atoms with van der Waals surface area (Å²) in [5.41, 5.74) is 6.07. The molecule has 1 aromatic rings. The Kier molecular flexibility index (Phi) is 7.16. The summed E-state index contributed by atoms with van der Waals surface area (Å²) < 4.78 is 9.78. The van der Waals surface area contributed by atoms with Crippen molar-refractivity contribution >= 4 is 23.9 Å². The first-order chi connectivity index (χ1) is 12.9. The van der Waals surface area contributed by atoms with Crippen molar-refractivity contribution in [1.29, 1.82) is 0 Å². The lowest BCUT2D eigenvalue weighted by atomic mass is 9.97. The number of hydrogen-bond acceptors (Lipinski definition) is 6. The Balaban J connectivity index is 1.77. The summed E-state index contributed by atoms with van der Waals surface area (Å²) in [5, 5.41) is 2.44. The van der Waals surface area contributed by atoms with Crippen LogP contribution < -0.4 is 11.1 Å². The first kappa shape index (κ1) is 20.2. The molecule has 146 valence electrons. The van der Waals surface area contributed by atoms with Crippen LogP contribution in [0.1, 0.15) is 28.8 Å². The second-order valence-corrected chi connectivity index (χ2v) is 6.17. The molecule has 0 aliphatic carbocycles. The highest BCUT2D eigenvalue weighted by Crippen LogP contribution is 2.18. The molecule has 1 aliphatic heterocycles. The van der Waals surface area contributed by atoms with Crippen LogP contribution in [0.2, 0.25) is 0 Å². The molecule has 1 aromatic carbocycles. The summed E-state index contributed by atoms with van der Waals surface area (Å²) in [4.78, 5) is 47.9. The molecule has 1 aliphatic rings. The highest BCUT2D eigenvalue weighted by atomic mass is 16.5. The number of rotatable bonds is 6. The molecule has 0 atom stereocenters. The standard InChI is InChI=1S/C18H23N3O6/c1-26-16(23)14-6-8-21(9-7-14)15(22)11-27-17(24)13-4-2-12(3-5-13)10-20-18(19)25/h2-5,14H,6-11H2,1H3,(H3,19,20,25). The van der Waals surface area contributed by atoms with Crippen molar-refractivity contribution < 1.29 is 28.7 Å². The number of primary amides is 1. The lowest BCUT2D eigenvalue weighted by Gasteiger charge is -2.30. The number of hydrogen-bond donors (Lipinski definition) is 2. The average Bonchev–Trinajstić information content (AvgIpc) is 2.70. The lowest BCUT2D eigenvalue weighted by molar-refractivity contribution is -0.149. The molecular formula is C18H23N3O6. The van der Waals surface area contributed by atoms with Crippen molar-refractivity contribution in [3.05, 3.63) is 35.4 Å². The number of nitrogens with one attached hydrogen (secondary N) is 1. The number of likely N-dealkylation sites (tertiary alicyclic amines) is 1. The zero-order valence-electron chi connectivity index (χ0n) is 15.1. The minimum Gasteiger partial charge on any atom is -0.469 e. The summed E-state index contributed by atoms with van der Waals surface area (Å²) in [5.74, 6) is -1.36. The molecule has 0 aromatic heterocycles. The maximum absolute atomic E-state index is 12.2. The molecule has 0 unspecified atom stereocenters. The number of urea groups is 1. The summed E-state index contributed by atoms with van der Waals surface area (Å²) in [6.07, 6.45) is 1.07. The zero-order valence-corrected chi connectivity index (χ0v) is 15.1. The van der Waals surface area contributed by atoms with Gasteiger partial charge < -0.3 is 25.4 Å². The van der Waals surface area contributed by atoms with Crippen LogP contribution in [0.25, 0.3) is 0 Å². The summed E-state index contributed by atoms with van der Waals surface area (Å²) in [7, 11) is 1.35. The Hall–Kier alpha value is -3.10. The maximum atomic E-state index is 12.2. The number of nitrogens with two attached hydrogens (primary N) is 1. The van der Waals surface area contributed by atoms with Gasteiger partial charge in [-0.25, -0.2) is 9.59 Å². The van der Waals surface area contributed by atoms with Crippen LogP contribution in [-0.4, -0.2) is 55.6 Å². The lowest BCUT2D eigenvalue weighted by Crippen LogP contribution is -2.42. The zero-order chi connectivity index (χ0) is 19.8. The molecule has 1 fully saturated rings. The van der Waals surface area contributed by atoms with Gasteiger partial charge in [-0.05, 0) is 30.5 Å². The number of nitrogens with zero attached hydrogens (tertiary/aromatic N) is 1. The monoisotopic (exact) mass is 377 g/mol. The number of amides is 3. The molecule has 0 radical (unpaired) electrons. The minimum absolute atomic E-state index is 0.191. The second kappa shape index (κ2) is 9.56. The van der Waals surface area contributed by atoms with Gasteiger partial charge in [0.25, 0.3) is 5.91 Å². The van der Waals surface area contributed by atoms with Gasteiger partial charge in [0.05, 0.1) is 18.6 Å². The Morgan fingerprint density at radius 2 is 1.78 bits per heavy atom. The average molecular weight is 377 g/mol. The van der Waals surface area contributed by atoms with Crippen LogP contribution in [0, 0.1) is 5.92 Å². The van der Waals surface area contributed by atoms with Gasteiger partial charge in [0, 0.05) is 19.6 Å². The molecule has 3 amide bonds. The fraction of sp³-hybridized carbons (Fsp3) is 0.444. The van der Waals surface area contributed by atoms with Gasteiger partial charge >= 0.3 is 18.0 Å². The molecule has 2 rings (SSSR count). The Morgan fingerprint density at radius 1 is 1.15 bits per heavy atom. The maximum Gasteiger partial charge on any atom is 0.338 e. The van der Waals surface area contributed by atoms with E-state index in [4.69, 9.17) is 15.2 Å². The van der Waals surface area contributed by atoms with Crippen LogP contribution in [-0.2, 0) is 25.6 Å². The van der Waals surface area contributed by atoms with Gasteiger partial charge in [0.2, 0.25) is 0 Å². The quantitative estimate of drug-likeness (QED) is 0.692. The first-order valence-corrected chi connectivity index (χ1v) is 8.55. The van der Waals surface area contributed by atoms with Crippen molar-refractivity contribution in [1.82, 2.24) is 10.2 Å².